The summed E-state index contributed by atoms with van der Waals surface area (Å²) in [6.07, 6.45) is 4.41. The second-order valence-corrected chi connectivity index (χ2v) is 2.50. The van der Waals surface area contributed by atoms with Gasteiger partial charge in [0.15, 0.2) is 0 Å². The van der Waals surface area contributed by atoms with E-state index in [1.807, 2.05) is 12.1 Å². The average molecular weight is 188 g/mol. The van der Waals surface area contributed by atoms with Crippen LogP contribution in [0.3, 0.4) is 0 Å². The molecule has 0 aliphatic rings. The van der Waals surface area contributed by atoms with Crippen molar-refractivity contribution in [1.82, 2.24) is 19.9 Å². The third-order valence-electron chi connectivity index (χ3n) is 1.59. The molecule has 2 N–H and O–H groups in total. The normalized spacial score (nSPS) is 9.79. The summed E-state index contributed by atoms with van der Waals surface area (Å²) < 4.78 is 0. The van der Waals surface area contributed by atoms with Crippen molar-refractivity contribution in [3.8, 4) is 0 Å². The number of anilines is 2. The molecule has 14 heavy (non-hydrogen) atoms. The Balaban J connectivity index is 2.30. The number of nitrogens with two attached hydrogens (primary N) is 1. The third-order valence-corrected chi connectivity index (χ3v) is 1.59. The highest BCUT2D eigenvalue weighted by Crippen LogP contribution is 2.12. The number of nitrogens with zero attached hydrogens (tertiary/aromatic N) is 5. The number of rotatable bonds is 2. The SMILES string of the molecule is NN(c1ccccn1)c1ncncn1. The van der Waals surface area contributed by atoms with Crippen LogP contribution in [-0.4, -0.2) is 19.9 Å². The van der Waals surface area contributed by atoms with Crippen LogP contribution in [-0.2, 0) is 0 Å². The Morgan fingerprint density at radius 2 is 1.86 bits per heavy atom. The number of hydrogen-bond acceptors (Lipinski definition) is 6. The maximum absolute atomic E-state index is 5.73. The molecule has 0 spiro atoms. The van der Waals surface area contributed by atoms with Crippen LogP contribution in [0.2, 0.25) is 0 Å². The summed E-state index contributed by atoms with van der Waals surface area (Å²) in [5.41, 5.74) is 0. The summed E-state index contributed by atoms with van der Waals surface area (Å²) in [7, 11) is 0. The maximum Gasteiger partial charge on any atom is 0.248 e. The van der Waals surface area contributed by atoms with Gasteiger partial charge in [0, 0.05) is 6.20 Å². The van der Waals surface area contributed by atoms with E-state index in [1.165, 1.54) is 17.7 Å². The molecular formula is C8H8N6. The second-order valence-electron chi connectivity index (χ2n) is 2.50. The monoisotopic (exact) mass is 188 g/mol. The summed E-state index contributed by atoms with van der Waals surface area (Å²) in [4.78, 5) is 15.5. The lowest BCUT2D eigenvalue weighted by Crippen LogP contribution is -2.27. The molecule has 2 aromatic heterocycles. The predicted molar refractivity (Wildman–Crippen MR) is 50.4 cm³/mol. The molecule has 6 nitrogen and oxygen atoms in total. The standard InChI is InChI=1S/C8H8N6/c9-14(7-3-1-2-4-11-7)8-12-5-10-6-13-8/h1-6H,9H2. The van der Waals surface area contributed by atoms with Gasteiger partial charge < -0.3 is 0 Å². The minimum atomic E-state index is 0.360. The van der Waals surface area contributed by atoms with Crippen LogP contribution in [0.15, 0.2) is 37.1 Å². The quantitative estimate of drug-likeness (QED) is 0.538. The van der Waals surface area contributed by atoms with Gasteiger partial charge in [0.25, 0.3) is 0 Å². The van der Waals surface area contributed by atoms with Crippen LogP contribution in [0.5, 0.6) is 0 Å². The molecule has 0 atom stereocenters. The molecule has 70 valence electrons. The van der Waals surface area contributed by atoms with E-state index in [0.717, 1.165) is 0 Å². The zero-order valence-corrected chi connectivity index (χ0v) is 7.28. The molecule has 0 radical (unpaired) electrons. The van der Waals surface area contributed by atoms with Crippen molar-refractivity contribution in [3.05, 3.63) is 37.1 Å². The lowest BCUT2D eigenvalue weighted by molar-refractivity contribution is 0.923. The molecule has 0 aromatic carbocycles. The molecule has 0 fully saturated rings. The fourth-order valence-electron chi connectivity index (χ4n) is 0.956. The number of pyridine rings is 1. The summed E-state index contributed by atoms with van der Waals surface area (Å²) in [5, 5.41) is 1.29. The molecule has 0 amide bonds. The van der Waals surface area contributed by atoms with E-state index >= 15 is 0 Å². The highest BCUT2D eigenvalue weighted by molar-refractivity contribution is 5.48. The van der Waals surface area contributed by atoms with Crippen molar-refractivity contribution >= 4 is 11.8 Å². The molecule has 0 aliphatic carbocycles. The molecule has 2 heterocycles. The Kier molecular flexibility index (Phi) is 2.28. The first kappa shape index (κ1) is 8.52. The topological polar surface area (TPSA) is 80.8 Å². The Hall–Kier alpha value is -2.08. The number of hydrogen-bond donors (Lipinski definition) is 1. The first-order chi connectivity index (χ1) is 6.88. The minimum absolute atomic E-state index is 0.360. The van der Waals surface area contributed by atoms with Crippen molar-refractivity contribution in [3.63, 3.8) is 0 Å². The predicted octanol–water partition coefficient (Wildman–Crippen LogP) is 0.278. The zero-order valence-electron chi connectivity index (χ0n) is 7.28. The van der Waals surface area contributed by atoms with E-state index in [-0.39, 0.29) is 0 Å². The van der Waals surface area contributed by atoms with Crippen molar-refractivity contribution in [1.29, 1.82) is 0 Å². The largest absolute Gasteiger partial charge is 0.248 e. The highest BCUT2D eigenvalue weighted by atomic mass is 15.5. The van der Waals surface area contributed by atoms with E-state index in [4.69, 9.17) is 5.84 Å². The average Bonchev–Trinajstić information content (AvgIpc) is 2.30. The van der Waals surface area contributed by atoms with Gasteiger partial charge in [-0.15, -0.1) is 0 Å². The second kappa shape index (κ2) is 3.75. The Labute approximate surface area is 80.4 Å². The Morgan fingerprint density at radius 3 is 2.50 bits per heavy atom. The molecule has 0 saturated carbocycles. The van der Waals surface area contributed by atoms with Gasteiger partial charge >= 0.3 is 0 Å². The smallest absolute Gasteiger partial charge is 0.239 e. The molecule has 0 bridgehead atoms. The van der Waals surface area contributed by atoms with Crippen LogP contribution in [0.25, 0.3) is 0 Å². The molecule has 2 aromatic rings. The fraction of sp³-hybridized carbons (Fsp3) is 0. The van der Waals surface area contributed by atoms with Crippen molar-refractivity contribution in [2.45, 2.75) is 0 Å². The molecular weight excluding hydrogens is 180 g/mol. The molecule has 6 heteroatoms. The van der Waals surface area contributed by atoms with E-state index in [0.29, 0.717) is 11.8 Å². The van der Waals surface area contributed by atoms with Crippen LogP contribution >= 0.6 is 0 Å². The summed E-state index contributed by atoms with van der Waals surface area (Å²) >= 11 is 0. The fourth-order valence-corrected chi connectivity index (χ4v) is 0.956. The number of hydrazine groups is 1. The van der Waals surface area contributed by atoms with E-state index in [1.54, 1.807) is 12.3 Å². The lowest BCUT2D eigenvalue weighted by Gasteiger charge is -2.13. The summed E-state index contributed by atoms with van der Waals surface area (Å²) in [6, 6.07) is 5.41. The highest BCUT2D eigenvalue weighted by Gasteiger charge is 2.06. The minimum Gasteiger partial charge on any atom is -0.239 e. The molecule has 0 saturated heterocycles. The first-order valence-electron chi connectivity index (χ1n) is 3.96. The van der Waals surface area contributed by atoms with E-state index in [2.05, 4.69) is 19.9 Å². The van der Waals surface area contributed by atoms with Crippen molar-refractivity contribution < 1.29 is 0 Å². The van der Waals surface area contributed by atoms with Crippen molar-refractivity contribution in [2.75, 3.05) is 5.01 Å². The maximum atomic E-state index is 5.73. The van der Waals surface area contributed by atoms with Gasteiger partial charge in [-0.25, -0.2) is 20.8 Å². The first-order valence-corrected chi connectivity index (χ1v) is 3.96. The van der Waals surface area contributed by atoms with Gasteiger partial charge in [0.05, 0.1) is 0 Å². The van der Waals surface area contributed by atoms with Crippen LogP contribution < -0.4 is 10.9 Å². The van der Waals surface area contributed by atoms with Gasteiger partial charge in [-0.2, -0.15) is 9.97 Å². The van der Waals surface area contributed by atoms with E-state index in [9.17, 15) is 0 Å². The molecule has 0 aliphatic heterocycles. The van der Waals surface area contributed by atoms with Crippen LogP contribution in [0.4, 0.5) is 11.8 Å². The molecule has 2 rings (SSSR count). The summed E-state index contributed by atoms with van der Waals surface area (Å²) in [6.45, 7) is 0. The van der Waals surface area contributed by atoms with Gasteiger partial charge in [-0.05, 0) is 12.1 Å². The Morgan fingerprint density at radius 1 is 1.07 bits per heavy atom. The van der Waals surface area contributed by atoms with E-state index < -0.39 is 0 Å². The zero-order chi connectivity index (χ0) is 9.80. The Bertz CT molecular complexity index is 350. The van der Waals surface area contributed by atoms with Gasteiger partial charge in [-0.1, -0.05) is 6.07 Å². The lowest BCUT2D eigenvalue weighted by atomic mass is 10.4. The van der Waals surface area contributed by atoms with Gasteiger partial charge in [0.1, 0.15) is 18.5 Å². The summed E-state index contributed by atoms with van der Waals surface area (Å²) in [5.74, 6) is 6.68. The van der Waals surface area contributed by atoms with Gasteiger partial charge in [0.2, 0.25) is 5.95 Å². The van der Waals surface area contributed by atoms with Gasteiger partial charge in [-0.3, -0.25) is 0 Å². The third kappa shape index (κ3) is 1.64. The number of aromatic nitrogens is 4. The van der Waals surface area contributed by atoms with Crippen molar-refractivity contribution in [2.24, 2.45) is 5.84 Å². The van der Waals surface area contributed by atoms with Crippen LogP contribution in [0.1, 0.15) is 0 Å². The molecule has 0 unspecified atom stereocenters. The van der Waals surface area contributed by atoms with Crippen LogP contribution in [0, 0.1) is 0 Å².